The van der Waals surface area contributed by atoms with Gasteiger partial charge < -0.3 is 13.9 Å². The maximum atomic E-state index is 12.8. The third kappa shape index (κ3) is 3.69. The summed E-state index contributed by atoms with van der Waals surface area (Å²) in [5.74, 6) is -1.12. The minimum atomic E-state index is -4.10. The van der Waals surface area contributed by atoms with Crippen LogP contribution in [-0.4, -0.2) is 33.6 Å². The molecule has 0 atom stereocenters. The molecule has 3 aromatic rings. The second-order valence-electron chi connectivity index (χ2n) is 5.30. The molecule has 0 bridgehead atoms. The number of carbonyl (C=O) groups is 1. The number of hydrogen-bond donors (Lipinski definition) is 2. The molecular weight excluding hydrogens is 444 g/mol. The predicted molar refractivity (Wildman–Crippen MR) is 99.7 cm³/mol. The molecule has 0 aliphatic carbocycles. The lowest BCUT2D eigenvalue weighted by atomic mass is 10.2. The number of ether oxygens (including phenoxy) is 2. The van der Waals surface area contributed by atoms with Crippen molar-refractivity contribution in [2.24, 2.45) is 0 Å². The number of H-pyrrole nitrogens is 1. The number of anilines is 1. The van der Waals surface area contributed by atoms with Gasteiger partial charge in [0, 0.05) is 12.1 Å². The van der Waals surface area contributed by atoms with Gasteiger partial charge in [-0.1, -0.05) is 0 Å². The van der Waals surface area contributed by atoms with Crippen LogP contribution < -0.4 is 15.2 Å². The van der Waals surface area contributed by atoms with Gasteiger partial charge in [0.1, 0.15) is 5.75 Å². The van der Waals surface area contributed by atoms with Crippen molar-refractivity contribution in [2.45, 2.75) is 4.90 Å². The van der Waals surface area contributed by atoms with Crippen molar-refractivity contribution in [2.75, 3.05) is 18.9 Å². The van der Waals surface area contributed by atoms with Gasteiger partial charge in [-0.25, -0.2) is 18.0 Å². The molecule has 0 amide bonds. The number of methoxy groups -OCH3 is 2. The molecule has 3 rings (SSSR count). The number of carbonyl (C=O) groups excluding carboxylic acids is 1. The molecule has 11 heteroatoms. The molecule has 27 heavy (non-hydrogen) atoms. The van der Waals surface area contributed by atoms with E-state index in [1.807, 2.05) is 0 Å². The van der Waals surface area contributed by atoms with Gasteiger partial charge in [0.25, 0.3) is 10.0 Å². The van der Waals surface area contributed by atoms with E-state index in [2.05, 4.69) is 25.6 Å². The number of nitrogens with one attached hydrogen (secondary N) is 2. The van der Waals surface area contributed by atoms with E-state index < -0.39 is 21.7 Å². The Kier molecular flexibility index (Phi) is 4.98. The summed E-state index contributed by atoms with van der Waals surface area (Å²) in [6, 6.07) is 6.63. The summed E-state index contributed by atoms with van der Waals surface area (Å²) in [6.07, 6.45) is 0. The van der Waals surface area contributed by atoms with E-state index in [0.717, 1.165) is 0 Å². The van der Waals surface area contributed by atoms with Crippen LogP contribution >= 0.6 is 15.9 Å². The van der Waals surface area contributed by atoms with Crippen molar-refractivity contribution in [3.05, 3.63) is 50.9 Å². The molecule has 2 N–H and O–H groups in total. The number of halogens is 1. The zero-order chi connectivity index (χ0) is 19.8. The van der Waals surface area contributed by atoms with Crippen LogP contribution in [0.4, 0.5) is 5.69 Å². The van der Waals surface area contributed by atoms with Crippen LogP contribution in [0.15, 0.2) is 48.9 Å². The highest BCUT2D eigenvalue weighted by molar-refractivity contribution is 9.10. The molecular formula is C16H13BrN2O7S. The Labute approximate surface area is 161 Å². The monoisotopic (exact) mass is 456 g/mol. The van der Waals surface area contributed by atoms with E-state index in [1.165, 1.54) is 44.6 Å². The van der Waals surface area contributed by atoms with Crippen molar-refractivity contribution in [3.63, 3.8) is 0 Å². The largest absolute Gasteiger partial charge is 0.495 e. The fraction of sp³-hybridized carbons (Fsp3) is 0.125. The molecule has 0 saturated heterocycles. The molecule has 0 radical (unpaired) electrons. The van der Waals surface area contributed by atoms with Gasteiger partial charge in [0.2, 0.25) is 0 Å². The van der Waals surface area contributed by atoms with Crippen molar-refractivity contribution in [1.82, 2.24) is 4.98 Å². The number of aromatic amines is 1. The number of esters is 1. The quantitative estimate of drug-likeness (QED) is 0.564. The van der Waals surface area contributed by atoms with E-state index in [-0.39, 0.29) is 21.7 Å². The molecule has 0 spiro atoms. The molecule has 0 aliphatic heterocycles. The minimum absolute atomic E-state index is 0.0111. The highest BCUT2D eigenvalue weighted by Gasteiger charge is 2.22. The lowest BCUT2D eigenvalue weighted by molar-refractivity contribution is 0.0602. The zero-order valence-corrected chi connectivity index (χ0v) is 16.4. The highest BCUT2D eigenvalue weighted by Crippen LogP contribution is 2.33. The van der Waals surface area contributed by atoms with Crippen LogP contribution in [0.3, 0.4) is 0 Å². The summed E-state index contributed by atoms with van der Waals surface area (Å²) in [5.41, 5.74) is 0.407. The lowest BCUT2D eigenvalue weighted by Crippen LogP contribution is -2.16. The molecule has 0 unspecified atom stereocenters. The van der Waals surface area contributed by atoms with Crippen LogP contribution in [0.2, 0.25) is 0 Å². The van der Waals surface area contributed by atoms with Crippen LogP contribution in [-0.2, 0) is 14.8 Å². The number of aromatic nitrogens is 1. The lowest BCUT2D eigenvalue weighted by Gasteiger charge is -2.14. The summed E-state index contributed by atoms with van der Waals surface area (Å²) in [6.45, 7) is 0. The topological polar surface area (TPSA) is 128 Å². The summed E-state index contributed by atoms with van der Waals surface area (Å²) >= 11 is 3.24. The van der Waals surface area contributed by atoms with Crippen LogP contribution in [0.5, 0.6) is 5.75 Å². The average molecular weight is 457 g/mol. The average Bonchev–Trinajstić information content (AvgIpc) is 3.01. The first-order valence-corrected chi connectivity index (χ1v) is 9.64. The molecule has 2 aromatic carbocycles. The number of sulfonamides is 1. The SMILES string of the molecule is COC(=O)c1cc(Br)c(OC)cc1NS(=O)(=O)c1ccc2[nH]c(=O)oc2c1. The first-order valence-electron chi connectivity index (χ1n) is 7.36. The number of benzene rings is 2. The first-order chi connectivity index (χ1) is 12.7. The first kappa shape index (κ1) is 19.0. The Morgan fingerprint density at radius 1 is 1.22 bits per heavy atom. The van der Waals surface area contributed by atoms with E-state index in [0.29, 0.717) is 15.7 Å². The standard InChI is InChI=1S/C16H13BrN2O7S/c1-24-13-7-12(9(6-10(13)17)15(20)25-2)19-27(22,23)8-3-4-11-14(5-8)26-16(21)18-11/h3-7,19H,1-2H3,(H,18,21). The summed E-state index contributed by atoms with van der Waals surface area (Å²) in [5, 5.41) is 0. The minimum Gasteiger partial charge on any atom is -0.495 e. The highest BCUT2D eigenvalue weighted by atomic mass is 79.9. The number of oxazole rings is 1. The van der Waals surface area contributed by atoms with E-state index in [9.17, 15) is 18.0 Å². The molecule has 142 valence electrons. The van der Waals surface area contributed by atoms with E-state index >= 15 is 0 Å². The fourth-order valence-corrected chi connectivity index (χ4v) is 3.96. The Balaban J connectivity index is 2.08. The Hall–Kier alpha value is -2.79. The van der Waals surface area contributed by atoms with Crippen LogP contribution in [0.25, 0.3) is 11.1 Å². The van der Waals surface area contributed by atoms with Gasteiger partial charge in [0.15, 0.2) is 5.58 Å². The summed E-state index contributed by atoms with van der Waals surface area (Å²) in [7, 11) is -1.52. The van der Waals surface area contributed by atoms with Crippen molar-refractivity contribution in [3.8, 4) is 5.75 Å². The number of hydrogen-bond acceptors (Lipinski definition) is 7. The number of fused-ring (bicyclic) bond motifs is 1. The van der Waals surface area contributed by atoms with Gasteiger partial charge in [-0.05, 0) is 34.1 Å². The molecule has 0 aliphatic rings. The summed E-state index contributed by atoms with van der Waals surface area (Å²) < 4.78 is 43.0. The Morgan fingerprint density at radius 3 is 2.63 bits per heavy atom. The van der Waals surface area contributed by atoms with Crippen molar-refractivity contribution in [1.29, 1.82) is 0 Å². The van der Waals surface area contributed by atoms with Gasteiger partial charge in [-0.3, -0.25) is 9.71 Å². The predicted octanol–water partition coefficient (Wildman–Crippen LogP) is 2.48. The Morgan fingerprint density at radius 2 is 1.96 bits per heavy atom. The molecule has 9 nitrogen and oxygen atoms in total. The van der Waals surface area contributed by atoms with E-state index in [4.69, 9.17) is 13.9 Å². The van der Waals surface area contributed by atoms with Gasteiger partial charge in [-0.2, -0.15) is 0 Å². The third-order valence-electron chi connectivity index (χ3n) is 3.64. The van der Waals surface area contributed by atoms with Gasteiger partial charge >= 0.3 is 11.7 Å². The second kappa shape index (κ2) is 7.08. The van der Waals surface area contributed by atoms with Gasteiger partial charge in [-0.15, -0.1) is 0 Å². The molecule has 0 fully saturated rings. The van der Waals surface area contributed by atoms with Gasteiger partial charge in [0.05, 0.1) is 40.4 Å². The van der Waals surface area contributed by atoms with Crippen molar-refractivity contribution < 1.29 is 27.1 Å². The zero-order valence-electron chi connectivity index (χ0n) is 14.0. The normalized spacial score (nSPS) is 11.4. The second-order valence-corrected chi connectivity index (χ2v) is 7.84. The van der Waals surface area contributed by atoms with Crippen molar-refractivity contribution >= 4 is 48.7 Å². The maximum absolute atomic E-state index is 12.8. The Bertz CT molecular complexity index is 1200. The maximum Gasteiger partial charge on any atom is 0.417 e. The molecule has 1 heterocycles. The number of rotatable bonds is 5. The smallest absolute Gasteiger partial charge is 0.417 e. The van der Waals surface area contributed by atoms with Crippen LogP contribution in [0, 0.1) is 0 Å². The van der Waals surface area contributed by atoms with Crippen LogP contribution in [0.1, 0.15) is 10.4 Å². The molecule has 1 aromatic heterocycles. The van der Waals surface area contributed by atoms with E-state index in [1.54, 1.807) is 0 Å². The third-order valence-corrected chi connectivity index (χ3v) is 5.63. The fourth-order valence-electron chi connectivity index (χ4n) is 2.37. The summed E-state index contributed by atoms with van der Waals surface area (Å²) in [4.78, 5) is 25.5. The molecule has 0 saturated carbocycles.